The molecule has 3 aliphatic rings. The van der Waals surface area contributed by atoms with Gasteiger partial charge in [-0.2, -0.15) is 0 Å². The van der Waals surface area contributed by atoms with E-state index in [0.29, 0.717) is 11.8 Å². The Hall–Kier alpha value is -0.0500. The van der Waals surface area contributed by atoms with E-state index in [-0.39, 0.29) is 6.29 Å². The van der Waals surface area contributed by atoms with Gasteiger partial charge in [-0.15, -0.1) is 0 Å². The third-order valence-corrected chi connectivity index (χ3v) is 6.74. The van der Waals surface area contributed by atoms with Crippen LogP contribution in [0.15, 0.2) is 11.6 Å². The van der Waals surface area contributed by atoms with Crippen molar-refractivity contribution in [2.75, 3.05) is 13.2 Å². The van der Waals surface area contributed by atoms with Gasteiger partial charge in [0.15, 0.2) is 6.29 Å². The van der Waals surface area contributed by atoms with Crippen molar-refractivity contribution in [3.05, 3.63) is 11.6 Å². The minimum atomic E-state index is 0.0864. The molecule has 0 N–H and O–H groups in total. The van der Waals surface area contributed by atoms with Gasteiger partial charge in [0.1, 0.15) is 0 Å². The van der Waals surface area contributed by atoms with Crippen LogP contribution in [-0.2, 0) is 9.47 Å². The smallest absolute Gasteiger partial charge is 0.160 e. The van der Waals surface area contributed by atoms with Gasteiger partial charge in [0.2, 0.25) is 0 Å². The predicted molar refractivity (Wildman–Crippen MR) is 95.4 cm³/mol. The number of allylic oxidation sites excluding steroid dienone is 1. The molecule has 2 aliphatic carbocycles. The average molecular weight is 341 g/mol. The molecule has 0 radical (unpaired) electrons. The van der Waals surface area contributed by atoms with Crippen LogP contribution >= 0.6 is 11.6 Å². The standard InChI is InChI=1S/C20H33ClO2/c1-2-15-13-22-20(23-14-15)19-9-7-18(8-10-19)17-5-3-16(4-6-17)11-12-21/h11-12,15-20H,2-10,13-14H2,1H3/b12-11+. The van der Waals surface area contributed by atoms with Gasteiger partial charge in [0, 0.05) is 17.4 Å². The summed E-state index contributed by atoms with van der Waals surface area (Å²) in [5.74, 6) is 3.88. The van der Waals surface area contributed by atoms with E-state index in [4.69, 9.17) is 21.1 Å². The molecule has 1 saturated heterocycles. The Kier molecular flexibility index (Phi) is 6.85. The molecule has 0 aromatic heterocycles. The number of rotatable bonds is 4. The first-order chi connectivity index (χ1) is 11.3. The fourth-order valence-electron chi connectivity index (χ4n) is 4.87. The Bertz CT molecular complexity index is 360. The van der Waals surface area contributed by atoms with Crippen LogP contribution in [0.2, 0.25) is 0 Å². The van der Waals surface area contributed by atoms with Crippen molar-refractivity contribution in [3.63, 3.8) is 0 Å². The molecule has 0 atom stereocenters. The first kappa shape index (κ1) is 17.8. The Morgan fingerprint density at radius 1 is 0.826 bits per heavy atom. The molecule has 0 spiro atoms. The molecule has 3 heteroatoms. The zero-order valence-electron chi connectivity index (χ0n) is 14.6. The molecule has 3 rings (SSSR count). The molecule has 0 amide bonds. The number of ether oxygens (including phenoxy) is 2. The summed E-state index contributed by atoms with van der Waals surface area (Å²) in [5, 5.41) is 0. The summed E-state index contributed by atoms with van der Waals surface area (Å²) < 4.78 is 12.0. The topological polar surface area (TPSA) is 18.5 Å². The molecule has 132 valence electrons. The molecule has 1 aliphatic heterocycles. The summed E-state index contributed by atoms with van der Waals surface area (Å²) in [4.78, 5) is 0. The first-order valence-electron chi connectivity index (χ1n) is 9.80. The first-order valence-corrected chi connectivity index (χ1v) is 10.2. The van der Waals surface area contributed by atoms with Crippen molar-refractivity contribution < 1.29 is 9.47 Å². The van der Waals surface area contributed by atoms with Crippen molar-refractivity contribution in [2.24, 2.45) is 29.6 Å². The molecular weight excluding hydrogens is 308 g/mol. The van der Waals surface area contributed by atoms with E-state index in [0.717, 1.165) is 31.0 Å². The van der Waals surface area contributed by atoms with Crippen LogP contribution in [-0.4, -0.2) is 19.5 Å². The molecule has 0 aromatic carbocycles. The Labute approximate surface area is 146 Å². The van der Waals surface area contributed by atoms with Crippen LogP contribution in [0, 0.1) is 29.6 Å². The minimum Gasteiger partial charge on any atom is -0.352 e. The van der Waals surface area contributed by atoms with Gasteiger partial charge >= 0.3 is 0 Å². The van der Waals surface area contributed by atoms with E-state index < -0.39 is 0 Å². The van der Waals surface area contributed by atoms with Crippen molar-refractivity contribution >= 4 is 11.6 Å². The van der Waals surface area contributed by atoms with Crippen LogP contribution in [0.4, 0.5) is 0 Å². The Morgan fingerprint density at radius 3 is 1.87 bits per heavy atom. The van der Waals surface area contributed by atoms with Crippen molar-refractivity contribution in [3.8, 4) is 0 Å². The highest BCUT2D eigenvalue weighted by Gasteiger charge is 2.35. The van der Waals surface area contributed by atoms with Gasteiger partial charge in [-0.1, -0.05) is 24.6 Å². The molecular formula is C20H33ClO2. The fourth-order valence-corrected chi connectivity index (χ4v) is 5.07. The normalized spacial score (nSPS) is 42.9. The highest BCUT2D eigenvalue weighted by molar-refractivity contribution is 6.25. The van der Waals surface area contributed by atoms with E-state index >= 15 is 0 Å². The molecule has 3 fully saturated rings. The van der Waals surface area contributed by atoms with Gasteiger partial charge in [0.25, 0.3) is 0 Å². The van der Waals surface area contributed by atoms with Crippen molar-refractivity contribution in [1.82, 2.24) is 0 Å². The average Bonchev–Trinajstić information content (AvgIpc) is 2.63. The van der Waals surface area contributed by atoms with Gasteiger partial charge < -0.3 is 9.47 Å². The second-order valence-electron chi connectivity index (χ2n) is 7.98. The van der Waals surface area contributed by atoms with E-state index in [9.17, 15) is 0 Å². The Balaban J connectivity index is 1.39. The van der Waals surface area contributed by atoms with Gasteiger partial charge in [-0.25, -0.2) is 0 Å². The lowest BCUT2D eigenvalue weighted by atomic mass is 9.69. The van der Waals surface area contributed by atoms with Crippen molar-refractivity contribution in [2.45, 2.75) is 71.0 Å². The lowest BCUT2D eigenvalue weighted by molar-refractivity contribution is -0.230. The second-order valence-corrected chi connectivity index (χ2v) is 8.23. The van der Waals surface area contributed by atoms with Gasteiger partial charge in [0.05, 0.1) is 13.2 Å². The number of halogens is 1. The number of hydrogen-bond donors (Lipinski definition) is 0. The quantitative estimate of drug-likeness (QED) is 0.648. The maximum absolute atomic E-state index is 6.00. The highest BCUT2D eigenvalue weighted by Crippen LogP contribution is 2.43. The van der Waals surface area contributed by atoms with Gasteiger partial charge in [-0.05, 0) is 75.5 Å². The van der Waals surface area contributed by atoms with Crippen LogP contribution in [0.5, 0.6) is 0 Å². The zero-order chi connectivity index (χ0) is 16.1. The number of hydrogen-bond acceptors (Lipinski definition) is 2. The summed E-state index contributed by atoms with van der Waals surface area (Å²) in [6.45, 7) is 4.03. The van der Waals surface area contributed by atoms with E-state index in [1.807, 2.05) is 0 Å². The fraction of sp³-hybridized carbons (Fsp3) is 0.900. The summed E-state index contributed by atoms with van der Waals surface area (Å²) in [6, 6.07) is 0. The van der Waals surface area contributed by atoms with Gasteiger partial charge in [-0.3, -0.25) is 0 Å². The molecule has 2 nitrogen and oxygen atoms in total. The minimum absolute atomic E-state index is 0.0864. The summed E-state index contributed by atoms with van der Waals surface area (Å²) in [7, 11) is 0. The lowest BCUT2D eigenvalue weighted by Gasteiger charge is -2.40. The largest absolute Gasteiger partial charge is 0.352 e. The highest BCUT2D eigenvalue weighted by atomic mass is 35.5. The van der Waals surface area contributed by atoms with E-state index in [1.54, 1.807) is 5.54 Å². The summed E-state index contributed by atoms with van der Waals surface area (Å²) >= 11 is 5.72. The molecule has 23 heavy (non-hydrogen) atoms. The molecule has 0 unspecified atom stereocenters. The van der Waals surface area contributed by atoms with E-state index in [2.05, 4.69) is 13.0 Å². The van der Waals surface area contributed by atoms with Crippen LogP contribution in [0.1, 0.15) is 64.7 Å². The third kappa shape index (κ3) is 4.74. The molecule has 0 aromatic rings. The second kappa shape index (κ2) is 8.87. The predicted octanol–water partition coefficient (Wildman–Crippen LogP) is 5.75. The van der Waals surface area contributed by atoms with E-state index in [1.165, 1.54) is 57.8 Å². The summed E-state index contributed by atoms with van der Waals surface area (Å²) in [6.07, 6.45) is 14.3. The molecule has 1 heterocycles. The summed E-state index contributed by atoms with van der Waals surface area (Å²) in [5.41, 5.74) is 1.71. The zero-order valence-corrected chi connectivity index (χ0v) is 15.3. The molecule has 2 saturated carbocycles. The monoisotopic (exact) mass is 340 g/mol. The van der Waals surface area contributed by atoms with Crippen molar-refractivity contribution in [1.29, 1.82) is 0 Å². The maximum atomic E-state index is 6.00. The third-order valence-electron chi connectivity index (χ3n) is 6.60. The van der Waals surface area contributed by atoms with Crippen LogP contribution < -0.4 is 0 Å². The SMILES string of the molecule is CCC1COC(C2CCC(C3CCC(/C=C/Cl)CC3)CC2)OC1. The lowest BCUT2D eigenvalue weighted by Crippen LogP contribution is -2.39. The maximum Gasteiger partial charge on any atom is 0.160 e. The van der Waals surface area contributed by atoms with Crippen LogP contribution in [0.3, 0.4) is 0 Å². The molecule has 0 bridgehead atoms. The Morgan fingerprint density at radius 2 is 1.35 bits per heavy atom. The van der Waals surface area contributed by atoms with Crippen LogP contribution in [0.25, 0.3) is 0 Å².